The van der Waals surface area contributed by atoms with Crippen molar-refractivity contribution in [3.63, 3.8) is 0 Å². The zero-order chi connectivity index (χ0) is 16.2. The molecule has 1 heterocycles. The molecule has 0 bridgehead atoms. The topological polar surface area (TPSA) is 81.4 Å². The molecule has 1 unspecified atom stereocenters. The van der Waals surface area contributed by atoms with Gasteiger partial charge in [-0.3, -0.25) is 4.79 Å². The normalized spacial score (nSPS) is 20.7. The van der Waals surface area contributed by atoms with Gasteiger partial charge < -0.3 is 9.84 Å². The molecule has 0 aliphatic heterocycles. The zero-order valence-electron chi connectivity index (χ0n) is 13.3. The number of ether oxygens (including phenoxy) is 1. The van der Waals surface area contributed by atoms with E-state index >= 15 is 0 Å². The van der Waals surface area contributed by atoms with Crippen molar-refractivity contribution in [2.75, 3.05) is 0 Å². The van der Waals surface area contributed by atoms with E-state index in [2.05, 4.69) is 5.10 Å². The van der Waals surface area contributed by atoms with Gasteiger partial charge in [0.2, 0.25) is 0 Å². The molecule has 0 saturated heterocycles. The van der Waals surface area contributed by atoms with Gasteiger partial charge in [-0.2, -0.15) is 5.10 Å². The van der Waals surface area contributed by atoms with Crippen LogP contribution in [0.5, 0.6) is 5.75 Å². The van der Waals surface area contributed by atoms with Crippen LogP contribution in [-0.2, 0) is 4.79 Å². The second kappa shape index (κ2) is 7.15. The average molecular weight is 320 g/mol. The molecule has 1 aromatic rings. The van der Waals surface area contributed by atoms with Gasteiger partial charge in [0.05, 0.1) is 12.3 Å². The number of rotatable bonds is 6. The molecule has 1 aromatic heterocycles. The molecule has 0 spiro atoms. The van der Waals surface area contributed by atoms with Crippen LogP contribution in [-0.4, -0.2) is 27.0 Å². The summed E-state index contributed by atoms with van der Waals surface area (Å²) in [5.41, 5.74) is -0.397. The Balaban J connectivity index is 1.73. The molecule has 126 valence electrons. The van der Waals surface area contributed by atoms with Crippen LogP contribution in [0.15, 0.2) is 17.1 Å². The molecule has 6 nitrogen and oxygen atoms in total. The molecular weight excluding hydrogens is 296 g/mol. The van der Waals surface area contributed by atoms with Crippen molar-refractivity contribution in [3.05, 3.63) is 22.6 Å². The second-order valence-corrected chi connectivity index (χ2v) is 6.74. The van der Waals surface area contributed by atoms with E-state index in [1.165, 1.54) is 12.3 Å². The van der Waals surface area contributed by atoms with E-state index in [4.69, 9.17) is 4.74 Å². The molecule has 0 aromatic carbocycles. The number of nitrogens with zero attached hydrogens (tertiary/aromatic N) is 2. The average Bonchev–Trinajstić information content (AvgIpc) is 3.19. The molecule has 6 heteroatoms. The SMILES string of the molecule is O=C(O)C(CC1CCCC1)n1ncc(OC2CCCC2)cc1=O. The first-order valence-electron chi connectivity index (χ1n) is 8.62. The first kappa shape index (κ1) is 16.0. The maximum Gasteiger partial charge on any atom is 0.328 e. The van der Waals surface area contributed by atoms with Gasteiger partial charge in [0.25, 0.3) is 5.56 Å². The standard InChI is InChI=1S/C17H24N2O4/c20-16-10-14(23-13-7-3-4-8-13)11-18-19(16)15(17(21)22)9-12-5-1-2-6-12/h10-13,15H,1-9H2,(H,21,22). The Hall–Kier alpha value is -1.85. The third-order valence-corrected chi connectivity index (χ3v) is 5.02. The minimum absolute atomic E-state index is 0.154. The van der Waals surface area contributed by atoms with Gasteiger partial charge in [-0.25, -0.2) is 9.48 Å². The van der Waals surface area contributed by atoms with Crippen LogP contribution >= 0.6 is 0 Å². The van der Waals surface area contributed by atoms with Crippen LogP contribution in [0.1, 0.15) is 63.8 Å². The quantitative estimate of drug-likeness (QED) is 0.871. The van der Waals surface area contributed by atoms with Crippen LogP contribution in [0.3, 0.4) is 0 Å². The van der Waals surface area contributed by atoms with E-state index in [0.29, 0.717) is 18.1 Å². The predicted octanol–water partition coefficient (Wildman–Crippen LogP) is 2.77. The van der Waals surface area contributed by atoms with Crippen molar-refractivity contribution in [1.29, 1.82) is 0 Å². The maximum atomic E-state index is 12.3. The van der Waals surface area contributed by atoms with E-state index in [-0.39, 0.29) is 6.10 Å². The van der Waals surface area contributed by atoms with E-state index in [0.717, 1.165) is 56.0 Å². The minimum Gasteiger partial charge on any atom is -0.489 e. The molecule has 3 rings (SSSR count). The number of carbonyl (C=O) groups is 1. The van der Waals surface area contributed by atoms with Crippen LogP contribution in [0, 0.1) is 5.92 Å². The van der Waals surface area contributed by atoms with Gasteiger partial charge in [0, 0.05) is 6.07 Å². The van der Waals surface area contributed by atoms with Crippen molar-refractivity contribution >= 4 is 5.97 Å². The number of aromatic nitrogens is 2. The highest BCUT2D eigenvalue weighted by Gasteiger charge is 2.28. The van der Waals surface area contributed by atoms with Crippen LogP contribution in [0.25, 0.3) is 0 Å². The molecule has 1 N–H and O–H groups in total. The van der Waals surface area contributed by atoms with Crippen molar-refractivity contribution in [2.24, 2.45) is 5.92 Å². The molecule has 2 saturated carbocycles. The Labute approximate surface area is 135 Å². The number of aliphatic carboxylic acids is 1. The Morgan fingerprint density at radius 3 is 2.52 bits per heavy atom. The highest BCUT2D eigenvalue weighted by Crippen LogP contribution is 2.31. The van der Waals surface area contributed by atoms with Crippen molar-refractivity contribution in [1.82, 2.24) is 9.78 Å². The summed E-state index contributed by atoms with van der Waals surface area (Å²) in [6, 6.07) is 0.488. The third kappa shape index (κ3) is 3.92. The minimum atomic E-state index is -0.990. The fourth-order valence-corrected chi connectivity index (χ4v) is 3.77. The summed E-state index contributed by atoms with van der Waals surface area (Å²) in [5.74, 6) is -0.168. The summed E-state index contributed by atoms with van der Waals surface area (Å²) < 4.78 is 6.86. The smallest absolute Gasteiger partial charge is 0.328 e. The van der Waals surface area contributed by atoms with E-state index in [1.807, 2.05) is 0 Å². The number of carboxylic acid groups (broad SMARTS) is 1. The van der Waals surface area contributed by atoms with Crippen LogP contribution in [0.4, 0.5) is 0 Å². The lowest BCUT2D eigenvalue weighted by Crippen LogP contribution is -2.33. The highest BCUT2D eigenvalue weighted by atomic mass is 16.5. The van der Waals surface area contributed by atoms with Crippen molar-refractivity contribution in [2.45, 2.75) is 69.9 Å². The Morgan fingerprint density at radius 1 is 1.26 bits per heavy atom. The summed E-state index contributed by atoms with van der Waals surface area (Å²) in [4.78, 5) is 23.9. The summed E-state index contributed by atoms with van der Waals surface area (Å²) >= 11 is 0. The molecule has 2 aliphatic carbocycles. The van der Waals surface area contributed by atoms with Crippen LogP contribution in [0.2, 0.25) is 0 Å². The zero-order valence-corrected chi connectivity index (χ0v) is 13.3. The summed E-state index contributed by atoms with van der Waals surface area (Å²) in [6.45, 7) is 0. The van der Waals surface area contributed by atoms with E-state index in [1.54, 1.807) is 0 Å². The van der Waals surface area contributed by atoms with E-state index in [9.17, 15) is 14.7 Å². The van der Waals surface area contributed by atoms with Gasteiger partial charge in [-0.1, -0.05) is 25.7 Å². The lowest BCUT2D eigenvalue weighted by atomic mass is 9.98. The number of carboxylic acids is 1. The largest absolute Gasteiger partial charge is 0.489 e. The lowest BCUT2D eigenvalue weighted by Gasteiger charge is -2.19. The monoisotopic (exact) mass is 320 g/mol. The Morgan fingerprint density at radius 2 is 1.91 bits per heavy atom. The first-order valence-corrected chi connectivity index (χ1v) is 8.62. The number of hydrogen-bond donors (Lipinski definition) is 1. The third-order valence-electron chi connectivity index (χ3n) is 5.02. The van der Waals surface area contributed by atoms with Gasteiger partial charge in [-0.05, 0) is 38.0 Å². The summed E-state index contributed by atoms with van der Waals surface area (Å²) in [7, 11) is 0. The fraction of sp³-hybridized carbons (Fsp3) is 0.706. The van der Waals surface area contributed by atoms with Gasteiger partial charge >= 0.3 is 5.97 Å². The molecule has 2 fully saturated rings. The Kier molecular flexibility index (Phi) is 4.98. The first-order chi connectivity index (χ1) is 11.1. The van der Waals surface area contributed by atoms with Gasteiger partial charge in [0.1, 0.15) is 5.75 Å². The number of hydrogen-bond acceptors (Lipinski definition) is 4. The second-order valence-electron chi connectivity index (χ2n) is 6.74. The molecule has 0 amide bonds. The molecule has 0 radical (unpaired) electrons. The van der Waals surface area contributed by atoms with Crippen molar-refractivity contribution < 1.29 is 14.6 Å². The molecule has 2 aliphatic rings. The molecular formula is C17H24N2O4. The van der Waals surface area contributed by atoms with E-state index < -0.39 is 17.6 Å². The lowest BCUT2D eigenvalue weighted by molar-refractivity contribution is -0.142. The summed E-state index contributed by atoms with van der Waals surface area (Å²) in [6.07, 6.45) is 10.8. The predicted molar refractivity (Wildman–Crippen MR) is 84.6 cm³/mol. The molecule has 1 atom stereocenters. The van der Waals surface area contributed by atoms with Crippen molar-refractivity contribution in [3.8, 4) is 5.75 Å². The molecule has 23 heavy (non-hydrogen) atoms. The Bertz CT molecular complexity index is 601. The summed E-state index contributed by atoms with van der Waals surface area (Å²) in [5, 5.41) is 13.6. The van der Waals surface area contributed by atoms with Gasteiger partial charge in [0.15, 0.2) is 6.04 Å². The van der Waals surface area contributed by atoms with Crippen LogP contribution < -0.4 is 10.3 Å². The fourth-order valence-electron chi connectivity index (χ4n) is 3.77. The highest BCUT2D eigenvalue weighted by molar-refractivity contribution is 5.71. The maximum absolute atomic E-state index is 12.3. The van der Waals surface area contributed by atoms with Gasteiger partial charge in [-0.15, -0.1) is 0 Å².